The van der Waals surface area contributed by atoms with Gasteiger partial charge in [-0.3, -0.25) is 4.79 Å². The van der Waals surface area contributed by atoms with E-state index < -0.39 is 12.1 Å². The number of esters is 1. The molecule has 0 unspecified atom stereocenters. The van der Waals surface area contributed by atoms with E-state index >= 15 is 0 Å². The van der Waals surface area contributed by atoms with Crippen molar-refractivity contribution in [3.63, 3.8) is 0 Å². The number of amides is 1. The third-order valence-electron chi connectivity index (χ3n) is 4.73. The number of nitrogens with one attached hydrogen (secondary N) is 1. The molecule has 6 heteroatoms. The first-order valence-corrected chi connectivity index (χ1v) is 9.25. The Morgan fingerprint density at radius 2 is 1.85 bits per heavy atom. The highest BCUT2D eigenvalue weighted by Gasteiger charge is 2.22. The number of nitrogens with zero attached hydrogens (tertiary/aromatic N) is 2. The molecule has 0 radical (unpaired) electrons. The lowest BCUT2D eigenvalue weighted by molar-refractivity contribution is -0.129. The van der Waals surface area contributed by atoms with Crippen molar-refractivity contribution in [3.05, 3.63) is 48.3 Å². The molecule has 1 amide bonds. The van der Waals surface area contributed by atoms with Gasteiger partial charge in [-0.05, 0) is 50.1 Å². The van der Waals surface area contributed by atoms with Crippen LogP contribution in [0.25, 0.3) is 5.69 Å². The third kappa shape index (κ3) is 4.71. The van der Waals surface area contributed by atoms with Crippen molar-refractivity contribution in [1.82, 2.24) is 15.1 Å². The van der Waals surface area contributed by atoms with E-state index in [1.165, 1.54) is 12.8 Å². The van der Waals surface area contributed by atoms with Gasteiger partial charge < -0.3 is 10.1 Å². The lowest BCUT2D eigenvalue weighted by Gasteiger charge is -2.19. The van der Waals surface area contributed by atoms with E-state index in [0.717, 1.165) is 31.4 Å². The first-order chi connectivity index (χ1) is 12.6. The fourth-order valence-electron chi connectivity index (χ4n) is 3.20. The van der Waals surface area contributed by atoms with E-state index in [1.807, 2.05) is 12.3 Å². The van der Waals surface area contributed by atoms with Crippen LogP contribution in [0.4, 0.5) is 0 Å². The van der Waals surface area contributed by atoms with Crippen LogP contribution in [0.15, 0.2) is 42.7 Å². The summed E-state index contributed by atoms with van der Waals surface area (Å²) in [5.41, 5.74) is 1.26. The van der Waals surface area contributed by atoms with Gasteiger partial charge in [0.1, 0.15) is 0 Å². The maximum atomic E-state index is 12.3. The van der Waals surface area contributed by atoms with Crippen LogP contribution in [-0.2, 0) is 9.53 Å². The average Bonchev–Trinajstić information content (AvgIpc) is 3.07. The number of hydrogen-bond donors (Lipinski definition) is 1. The summed E-state index contributed by atoms with van der Waals surface area (Å²) in [4.78, 5) is 24.6. The maximum Gasteiger partial charge on any atom is 0.338 e. The maximum absolute atomic E-state index is 12.3. The normalized spacial score (nSPS) is 16.5. The van der Waals surface area contributed by atoms with Gasteiger partial charge in [-0.2, -0.15) is 5.10 Å². The summed E-state index contributed by atoms with van der Waals surface area (Å²) in [6.45, 7) is 1.61. The molecule has 1 aromatic heterocycles. The third-order valence-corrected chi connectivity index (χ3v) is 4.73. The summed E-state index contributed by atoms with van der Waals surface area (Å²) in [5, 5.41) is 7.16. The van der Waals surface area contributed by atoms with Gasteiger partial charge in [0, 0.05) is 18.4 Å². The van der Waals surface area contributed by atoms with E-state index in [2.05, 4.69) is 10.4 Å². The van der Waals surface area contributed by atoms with Crippen LogP contribution in [0, 0.1) is 0 Å². The topological polar surface area (TPSA) is 73.2 Å². The zero-order chi connectivity index (χ0) is 18.4. The summed E-state index contributed by atoms with van der Waals surface area (Å²) in [5.74, 6) is -0.723. The molecule has 1 heterocycles. The zero-order valence-electron chi connectivity index (χ0n) is 15.1. The molecular formula is C20H25N3O3. The van der Waals surface area contributed by atoms with Gasteiger partial charge in [0.05, 0.1) is 11.3 Å². The van der Waals surface area contributed by atoms with E-state index in [-0.39, 0.29) is 11.9 Å². The number of benzene rings is 1. The van der Waals surface area contributed by atoms with Crippen molar-refractivity contribution >= 4 is 11.9 Å². The van der Waals surface area contributed by atoms with Crippen molar-refractivity contribution in [2.24, 2.45) is 0 Å². The van der Waals surface area contributed by atoms with Crippen LogP contribution in [-0.4, -0.2) is 33.8 Å². The molecule has 26 heavy (non-hydrogen) atoms. The van der Waals surface area contributed by atoms with Crippen LogP contribution in [0.2, 0.25) is 0 Å². The summed E-state index contributed by atoms with van der Waals surface area (Å²) >= 11 is 0. The van der Waals surface area contributed by atoms with Crippen LogP contribution in [0.5, 0.6) is 0 Å². The van der Waals surface area contributed by atoms with Gasteiger partial charge in [0.15, 0.2) is 6.10 Å². The predicted molar refractivity (Wildman–Crippen MR) is 98.1 cm³/mol. The smallest absolute Gasteiger partial charge is 0.338 e. The van der Waals surface area contributed by atoms with Crippen LogP contribution in [0.1, 0.15) is 55.8 Å². The molecular weight excluding hydrogens is 330 g/mol. The van der Waals surface area contributed by atoms with Crippen molar-refractivity contribution in [2.45, 2.75) is 57.6 Å². The Hall–Kier alpha value is -2.63. The largest absolute Gasteiger partial charge is 0.449 e. The minimum absolute atomic E-state index is 0.194. The molecule has 1 atom stereocenters. The Bertz CT molecular complexity index is 717. The van der Waals surface area contributed by atoms with Gasteiger partial charge in [-0.25, -0.2) is 9.48 Å². The standard InChI is InChI=1S/C20H25N3O3/c1-15(19(24)22-17-7-4-2-3-5-8-17)26-20(25)16-9-11-18(12-10-16)23-14-6-13-21-23/h6,9-15,17H,2-5,7-8H2,1H3,(H,22,24)/t15-/m0/s1. The quantitative estimate of drug-likeness (QED) is 0.660. The minimum atomic E-state index is -0.809. The fourth-order valence-corrected chi connectivity index (χ4v) is 3.20. The molecule has 1 aliphatic rings. The monoisotopic (exact) mass is 355 g/mol. The summed E-state index contributed by atoms with van der Waals surface area (Å²) in [6, 6.07) is 8.96. The second-order valence-electron chi connectivity index (χ2n) is 6.74. The van der Waals surface area contributed by atoms with Gasteiger partial charge in [0.25, 0.3) is 5.91 Å². The first-order valence-electron chi connectivity index (χ1n) is 9.25. The Morgan fingerprint density at radius 3 is 2.46 bits per heavy atom. The second-order valence-corrected chi connectivity index (χ2v) is 6.74. The molecule has 1 aromatic carbocycles. The number of carbonyl (C=O) groups excluding carboxylic acids is 2. The van der Waals surface area contributed by atoms with Crippen LogP contribution < -0.4 is 5.32 Å². The highest BCUT2D eigenvalue weighted by molar-refractivity contribution is 5.92. The molecule has 1 N–H and O–H groups in total. The van der Waals surface area contributed by atoms with Gasteiger partial charge in [-0.15, -0.1) is 0 Å². The highest BCUT2D eigenvalue weighted by Crippen LogP contribution is 2.17. The summed E-state index contributed by atoms with van der Waals surface area (Å²) in [7, 11) is 0. The molecule has 1 aliphatic carbocycles. The van der Waals surface area contributed by atoms with Crippen molar-refractivity contribution in [2.75, 3.05) is 0 Å². The number of aromatic nitrogens is 2. The predicted octanol–water partition coefficient (Wildman–Crippen LogP) is 3.26. The van der Waals surface area contributed by atoms with Crippen molar-refractivity contribution in [3.8, 4) is 5.69 Å². The van der Waals surface area contributed by atoms with E-state index in [0.29, 0.717) is 5.56 Å². The Morgan fingerprint density at radius 1 is 1.15 bits per heavy atom. The van der Waals surface area contributed by atoms with Crippen molar-refractivity contribution in [1.29, 1.82) is 0 Å². The van der Waals surface area contributed by atoms with Crippen LogP contribution in [0.3, 0.4) is 0 Å². The van der Waals surface area contributed by atoms with Crippen molar-refractivity contribution < 1.29 is 14.3 Å². The average molecular weight is 355 g/mol. The molecule has 3 rings (SSSR count). The molecule has 2 aromatic rings. The molecule has 1 fully saturated rings. The second kappa shape index (κ2) is 8.65. The SMILES string of the molecule is C[C@H](OC(=O)c1ccc(-n2cccn2)cc1)C(=O)NC1CCCCCC1. The summed E-state index contributed by atoms with van der Waals surface area (Å²) in [6.07, 6.45) is 9.45. The Balaban J connectivity index is 1.53. The first kappa shape index (κ1) is 18.2. The Kier molecular flexibility index (Phi) is 6.04. The molecule has 0 spiro atoms. The fraction of sp³-hybridized carbons (Fsp3) is 0.450. The number of carbonyl (C=O) groups is 2. The summed E-state index contributed by atoms with van der Waals surface area (Å²) < 4.78 is 7.03. The van der Waals surface area contributed by atoms with Gasteiger partial charge in [-0.1, -0.05) is 25.7 Å². The molecule has 6 nitrogen and oxygen atoms in total. The minimum Gasteiger partial charge on any atom is -0.449 e. The lowest BCUT2D eigenvalue weighted by Crippen LogP contribution is -2.41. The zero-order valence-corrected chi connectivity index (χ0v) is 15.1. The highest BCUT2D eigenvalue weighted by atomic mass is 16.5. The van der Waals surface area contributed by atoms with E-state index in [4.69, 9.17) is 4.74 Å². The lowest BCUT2D eigenvalue weighted by atomic mass is 10.1. The Labute approximate surface area is 153 Å². The van der Waals surface area contributed by atoms with Gasteiger partial charge in [0.2, 0.25) is 0 Å². The molecule has 0 aliphatic heterocycles. The molecule has 1 saturated carbocycles. The molecule has 138 valence electrons. The molecule has 0 bridgehead atoms. The molecule has 0 saturated heterocycles. The van der Waals surface area contributed by atoms with E-state index in [9.17, 15) is 9.59 Å². The number of rotatable bonds is 5. The number of ether oxygens (including phenoxy) is 1. The van der Waals surface area contributed by atoms with Gasteiger partial charge >= 0.3 is 5.97 Å². The number of hydrogen-bond acceptors (Lipinski definition) is 4. The van der Waals surface area contributed by atoms with Crippen LogP contribution >= 0.6 is 0 Å². The van der Waals surface area contributed by atoms with E-state index in [1.54, 1.807) is 42.1 Å².